The molecular formula is C19H27N5. The van der Waals surface area contributed by atoms with Gasteiger partial charge in [-0.05, 0) is 17.2 Å². The summed E-state index contributed by atoms with van der Waals surface area (Å²) < 4.78 is 0. The molecule has 0 aromatic heterocycles. The molecule has 0 amide bonds. The van der Waals surface area contributed by atoms with E-state index in [0.717, 1.165) is 12.1 Å². The molecule has 1 aromatic carbocycles. The first kappa shape index (κ1) is 19.2. The lowest BCUT2D eigenvalue weighted by Gasteiger charge is -2.17. The molecule has 1 aliphatic rings. The second-order valence-corrected chi connectivity index (χ2v) is 4.75. The minimum Gasteiger partial charge on any atom is -0.388 e. The zero-order chi connectivity index (χ0) is 17.8. The molecule has 0 fully saturated rings. The summed E-state index contributed by atoms with van der Waals surface area (Å²) in [5.41, 5.74) is 8.74. The Morgan fingerprint density at radius 3 is 2.54 bits per heavy atom. The number of nitrogens with two attached hydrogens (primary N) is 1. The molecule has 128 valence electrons. The SMILES string of the molecule is CC.CN=C(NC1=CC=C(c2ccccc2)C=CC1)N(C)/N=C/N. The largest absolute Gasteiger partial charge is 0.388 e. The van der Waals surface area contributed by atoms with Crippen LogP contribution in [0.2, 0.25) is 0 Å². The topological polar surface area (TPSA) is 66.0 Å². The molecule has 0 unspecified atom stereocenters. The number of hydrazone groups is 1. The Morgan fingerprint density at radius 1 is 1.21 bits per heavy atom. The Bertz CT molecular complexity index is 639. The number of guanidine groups is 1. The molecule has 1 aliphatic carbocycles. The summed E-state index contributed by atoms with van der Waals surface area (Å²) in [5, 5.41) is 8.85. The van der Waals surface area contributed by atoms with E-state index in [0.29, 0.717) is 5.96 Å². The molecule has 0 radical (unpaired) electrons. The average Bonchev–Trinajstić information content (AvgIpc) is 2.88. The normalized spacial score (nSPS) is 14.2. The quantitative estimate of drug-likeness (QED) is 0.509. The molecule has 0 saturated carbocycles. The number of hydrogen-bond acceptors (Lipinski definition) is 2. The fourth-order valence-electron chi connectivity index (χ4n) is 2.12. The minimum atomic E-state index is 0.637. The van der Waals surface area contributed by atoms with E-state index in [-0.39, 0.29) is 0 Å². The van der Waals surface area contributed by atoms with Gasteiger partial charge in [0.2, 0.25) is 5.96 Å². The van der Waals surface area contributed by atoms with Crippen LogP contribution in [0, 0.1) is 0 Å². The summed E-state index contributed by atoms with van der Waals surface area (Å²) in [4.78, 5) is 4.19. The van der Waals surface area contributed by atoms with E-state index in [1.54, 1.807) is 19.1 Å². The molecule has 0 atom stereocenters. The summed E-state index contributed by atoms with van der Waals surface area (Å²) in [5.74, 6) is 0.637. The molecule has 2 rings (SSSR count). The summed E-state index contributed by atoms with van der Waals surface area (Å²) in [6.07, 6.45) is 10.5. The van der Waals surface area contributed by atoms with Crippen LogP contribution in [0.3, 0.4) is 0 Å². The van der Waals surface area contributed by atoms with Gasteiger partial charge in [-0.1, -0.05) is 62.4 Å². The first-order valence-corrected chi connectivity index (χ1v) is 8.09. The highest BCUT2D eigenvalue weighted by Gasteiger charge is 2.07. The maximum atomic E-state index is 5.31. The third-order valence-corrected chi connectivity index (χ3v) is 3.24. The first-order chi connectivity index (χ1) is 11.7. The van der Waals surface area contributed by atoms with E-state index in [9.17, 15) is 0 Å². The number of hydrogen-bond donors (Lipinski definition) is 2. The maximum absolute atomic E-state index is 5.31. The van der Waals surface area contributed by atoms with Crippen molar-refractivity contribution in [2.75, 3.05) is 14.1 Å². The van der Waals surface area contributed by atoms with E-state index >= 15 is 0 Å². The second-order valence-electron chi connectivity index (χ2n) is 4.75. The van der Waals surface area contributed by atoms with Gasteiger partial charge in [-0.15, -0.1) is 0 Å². The molecule has 0 aliphatic heterocycles. The van der Waals surface area contributed by atoms with E-state index in [4.69, 9.17) is 5.73 Å². The van der Waals surface area contributed by atoms with Gasteiger partial charge in [0.05, 0.1) is 0 Å². The Kier molecular flexibility index (Phi) is 8.68. The zero-order valence-corrected chi connectivity index (χ0v) is 14.9. The highest BCUT2D eigenvalue weighted by atomic mass is 15.5. The number of nitrogens with zero attached hydrogens (tertiary/aromatic N) is 3. The van der Waals surface area contributed by atoms with Crippen molar-refractivity contribution in [3.63, 3.8) is 0 Å². The number of aliphatic imine (C=N–C) groups is 1. The summed E-state index contributed by atoms with van der Waals surface area (Å²) >= 11 is 0. The van der Waals surface area contributed by atoms with Crippen molar-refractivity contribution in [2.45, 2.75) is 20.3 Å². The third-order valence-electron chi connectivity index (χ3n) is 3.24. The van der Waals surface area contributed by atoms with Gasteiger partial charge in [-0.3, -0.25) is 4.99 Å². The Morgan fingerprint density at radius 2 is 1.92 bits per heavy atom. The lowest BCUT2D eigenvalue weighted by molar-refractivity contribution is 0.525. The van der Waals surface area contributed by atoms with Crippen molar-refractivity contribution >= 4 is 17.9 Å². The second kappa shape index (κ2) is 10.8. The van der Waals surface area contributed by atoms with Crippen LogP contribution in [-0.4, -0.2) is 31.4 Å². The van der Waals surface area contributed by atoms with Gasteiger partial charge in [-0.2, -0.15) is 5.10 Å². The van der Waals surface area contributed by atoms with Crippen LogP contribution in [0.1, 0.15) is 25.8 Å². The number of allylic oxidation sites excluding steroid dienone is 5. The van der Waals surface area contributed by atoms with Crippen LogP contribution >= 0.6 is 0 Å². The Hall–Kier alpha value is -2.82. The van der Waals surface area contributed by atoms with Crippen LogP contribution in [0.25, 0.3) is 5.57 Å². The van der Waals surface area contributed by atoms with Gasteiger partial charge in [0.1, 0.15) is 6.34 Å². The molecular weight excluding hydrogens is 298 g/mol. The molecule has 0 saturated heterocycles. The van der Waals surface area contributed by atoms with Crippen LogP contribution < -0.4 is 11.1 Å². The van der Waals surface area contributed by atoms with Crippen LogP contribution in [0.5, 0.6) is 0 Å². The van der Waals surface area contributed by atoms with Crippen molar-refractivity contribution in [1.82, 2.24) is 10.3 Å². The lowest BCUT2D eigenvalue weighted by atomic mass is 10.1. The van der Waals surface area contributed by atoms with Crippen molar-refractivity contribution in [1.29, 1.82) is 0 Å². The van der Waals surface area contributed by atoms with Gasteiger partial charge in [-0.25, -0.2) is 5.01 Å². The van der Waals surface area contributed by atoms with E-state index < -0.39 is 0 Å². The average molecular weight is 325 g/mol. The van der Waals surface area contributed by atoms with Crippen LogP contribution in [0.4, 0.5) is 0 Å². The van der Waals surface area contributed by atoms with Gasteiger partial charge >= 0.3 is 0 Å². The number of rotatable bonds is 3. The van der Waals surface area contributed by atoms with Crippen LogP contribution in [0.15, 0.2) is 70.4 Å². The van der Waals surface area contributed by atoms with Crippen molar-refractivity contribution in [3.8, 4) is 0 Å². The molecule has 3 N–H and O–H groups in total. The van der Waals surface area contributed by atoms with Gasteiger partial charge < -0.3 is 11.1 Å². The van der Waals surface area contributed by atoms with E-state index in [1.807, 2.05) is 32.0 Å². The van der Waals surface area contributed by atoms with E-state index in [2.05, 4.69) is 51.8 Å². The van der Waals surface area contributed by atoms with Crippen molar-refractivity contribution in [2.24, 2.45) is 15.8 Å². The molecule has 1 aromatic rings. The highest BCUT2D eigenvalue weighted by Crippen LogP contribution is 2.19. The number of benzene rings is 1. The monoisotopic (exact) mass is 325 g/mol. The Balaban J connectivity index is 0.00000139. The van der Waals surface area contributed by atoms with E-state index in [1.165, 1.54) is 17.5 Å². The molecule has 0 bridgehead atoms. The molecule has 24 heavy (non-hydrogen) atoms. The van der Waals surface area contributed by atoms with Crippen molar-refractivity contribution in [3.05, 3.63) is 65.9 Å². The fourth-order valence-corrected chi connectivity index (χ4v) is 2.12. The van der Waals surface area contributed by atoms with Crippen LogP contribution in [-0.2, 0) is 0 Å². The zero-order valence-electron chi connectivity index (χ0n) is 14.9. The lowest BCUT2D eigenvalue weighted by Crippen LogP contribution is -2.35. The van der Waals surface area contributed by atoms with Crippen molar-refractivity contribution < 1.29 is 0 Å². The fraction of sp³-hybridized carbons (Fsp3) is 0.263. The summed E-state index contributed by atoms with van der Waals surface area (Å²) in [6.45, 7) is 4.00. The molecule has 0 spiro atoms. The summed E-state index contributed by atoms with van der Waals surface area (Å²) in [6, 6.07) is 10.3. The summed E-state index contributed by atoms with van der Waals surface area (Å²) in [7, 11) is 3.50. The molecule has 5 heteroatoms. The van der Waals surface area contributed by atoms with Gasteiger partial charge in [0.25, 0.3) is 0 Å². The molecule has 0 heterocycles. The van der Waals surface area contributed by atoms with Gasteiger partial charge in [0, 0.05) is 26.2 Å². The third kappa shape index (κ3) is 5.76. The standard InChI is InChI=1S/C17H21N5.C2H6/c1-19-17(22(2)20-13-18)21-16-10-6-9-15(11-12-16)14-7-4-3-5-8-14;1-2/h3-9,11-13H,10H2,1-2H3,(H2,18,20)(H,19,21);1-2H3. The first-order valence-electron chi connectivity index (χ1n) is 8.09. The number of nitrogens with one attached hydrogen (secondary N) is 1. The predicted molar refractivity (Wildman–Crippen MR) is 105 cm³/mol. The molecule has 5 nitrogen and oxygen atoms in total. The maximum Gasteiger partial charge on any atom is 0.218 e. The highest BCUT2D eigenvalue weighted by molar-refractivity contribution is 5.82. The smallest absolute Gasteiger partial charge is 0.218 e. The Labute approximate surface area is 145 Å². The predicted octanol–water partition coefficient (Wildman–Crippen LogP) is 3.35. The minimum absolute atomic E-state index is 0.637. The van der Waals surface area contributed by atoms with Gasteiger partial charge in [0.15, 0.2) is 0 Å².